The van der Waals surface area contributed by atoms with Crippen molar-refractivity contribution in [3.63, 3.8) is 0 Å². The number of furan rings is 1. The van der Waals surface area contributed by atoms with Crippen LogP contribution >= 0.6 is 11.8 Å². The molecule has 0 aliphatic carbocycles. The highest BCUT2D eigenvalue weighted by Gasteiger charge is 2.07. The fourth-order valence-electron chi connectivity index (χ4n) is 0.878. The molecule has 3 heteroatoms. The van der Waals surface area contributed by atoms with Crippen LogP contribution < -0.4 is 5.73 Å². The predicted molar refractivity (Wildman–Crippen MR) is 53.2 cm³/mol. The Hall–Kier alpha value is -0.410. The van der Waals surface area contributed by atoms with Gasteiger partial charge >= 0.3 is 0 Å². The quantitative estimate of drug-likeness (QED) is 0.783. The monoisotopic (exact) mass is 185 g/mol. The van der Waals surface area contributed by atoms with Crippen molar-refractivity contribution in [3.8, 4) is 0 Å². The summed E-state index contributed by atoms with van der Waals surface area (Å²) in [7, 11) is 0. The molecule has 0 aromatic carbocycles. The minimum atomic E-state index is 0.108. The normalized spacial score (nSPS) is 13.7. The average molecular weight is 185 g/mol. The summed E-state index contributed by atoms with van der Waals surface area (Å²) in [6, 6.07) is 2.03. The first kappa shape index (κ1) is 9.68. The summed E-state index contributed by atoms with van der Waals surface area (Å²) in [5.41, 5.74) is 6.99. The van der Waals surface area contributed by atoms with E-state index < -0.39 is 0 Å². The number of rotatable bonds is 4. The molecule has 2 N–H and O–H groups in total. The van der Waals surface area contributed by atoms with Gasteiger partial charge in [0.25, 0.3) is 0 Å². The van der Waals surface area contributed by atoms with E-state index in [2.05, 4.69) is 13.8 Å². The molecule has 1 rings (SSSR count). The smallest absolute Gasteiger partial charge is 0.0950 e. The number of hydrogen-bond donors (Lipinski definition) is 1. The first-order valence-corrected chi connectivity index (χ1v) is 5.14. The lowest BCUT2D eigenvalue weighted by molar-refractivity contribution is 0.561. The van der Waals surface area contributed by atoms with E-state index in [0.29, 0.717) is 5.25 Å². The molecule has 0 bridgehead atoms. The highest BCUT2D eigenvalue weighted by Crippen LogP contribution is 2.19. The molecule has 0 saturated carbocycles. The SMILES string of the molecule is CC(C)SCC(N)c1ccoc1. The van der Waals surface area contributed by atoms with E-state index >= 15 is 0 Å². The van der Waals surface area contributed by atoms with E-state index in [1.54, 1.807) is 12.5 Å². The van der Waals surface area contributed by atoms with Gasteiger partial charge in [0.15, 0.2) is 0 Å². The molecule has 2 nitrogen and oxygen atoms in total. The molecule has 0 aliphatic heterocycles. The topological polar surface area (TPSA) is 39.2 Å². The number of hydrogen-bond acceptors (Lipinski definition) is 3. The highest BCUT2D eigenvalue weighted by molar-refractivity contribution is 7.99. The largest absolute Gasteiger partial charge is 0.472 e. The molecule has 1 aromatic rings. The molecule has 1 aromatic heterocycles. The van der Waals surface area contributed by atoms with Gasteiger partial charge in [-0.2, -0.15) is 11.8 Å². The second-order valence-corrected chi connectivity index (χ2v) is 4.65. The standard InChI is InChI=1S/C9H15NOS/c1-7(2)12-6-9(10)8-3-4-11-5-8/h3-5,7,9H,6,10H2,1-2H3. The Balaban J connectivity index is 2.34. The minimum absolute atomic E-state index is 0.108. The Labute approximate surface area is 77.5 Å². The molecule has 0 saturated heterocycles. The van der Waals surface area contributed by atoms with E-state index in [1.165, 1.54) is 0 Å². The van der Waals surface area contributed by atoms with Crippen molar-refractivity contribution in [3.05, 3.63) is 24.2 Å². The first-order chi connectivity index (χ1) is 5.70. The molecule has 1 heterocycles. The summed E-state index contributed by atoms with van der Waals surface area (Å²) >= 11 is 1.87. The van der Waals surface area contributed by atoms with Gasteiger partial charge in [-0.15, -0.1) is 0 Å². The molecule has 0 aliphatic rings. The summed E-state index contributed by atoms with van der Waals surface area (Å²) < 4.78 is 4.95. The molecule has 0 radical (unpaired) electrons. The van der Waals surface area contributed by atoms with Gasteiger partial charge in [-0.05, 0) is 11.3 Å². The number of thioether (sulfide) groups is 1. The Morgan fingerprint density at radius 3 is 2.83 bits per heavy atom. The molecule has 68 valence electrons. The molecular formula is C9H15NOS. The third-order valence-electron chi connectivity index (χ3n) is 1.58. The van der Waals surface area contributed by atoms with Crippen LogP contribution in [0.5, 0.6) is 0 Å². The van der Waals surface area contributed by atoms with Crippen LogP contribution in [0.25, 0.3) is 0 Å². The minimum Gasteiger partial charge on any atom is -0.472 e. The van der Waals surface area contributed by atoms with E-state index in [0.717, 1.165) is 11.3 Å². The van der Waals surface area contributed by atoms with E-state index in [1.807, 2.05) is 17.8 Å². The van der Waals surface area contributed by atoms with Crippen LogP contribution in [-0.4, -0.2) is 11.0 Å². The van der Waals surface area contributed by atoms with Crippen molar-refractivity contribution >= 4 is 11.8 Å². The van der Waals surface area contributed by atoms with Crippen LogP contribution in [0.4, 0.5) is 0 Å². The molecule has 12 heavy (non-hydrogen) atoms. The second kappa shape index (κ2) is 4.58. The molecule has 1 atom stereocenters. The molecular weight excluding hydrogens is 170 g/mol. The van der Waals surface area contributed by atoms with Crippen molar-refractivity contribution in [2.75, 3.05) is 5.75 Å². The molecule has 0 spiro atoms. The first-order valence-electron chi connectivity index (χ1n) is 4.09. The number of nitrogens with two attached hydrogens (primary N) is 1. The maximum Gasteiger partial charge on any atom is 0.0950 e. The lowest BCUT2D eigenvalue weighted by Gasteiger charge is -2.10. The van der Waals surface area contributed by atoms with Crippen LogP contribution in [0.15, 0.2) is 23.0 Å². The van der Waals surface area contributed by atoms with Gasteiger partial charge in [0.05, 0.1) is 12.5 Å². The zero-order valence-corrected chi connectivity index (χ0v) is 8.30. The third kappa shape index (κ3) is 2.91. The van der Waals surface area contributed by atoms with Crippen LogP contribution in [-0.2, 0) is 0 Å². The molecule has 0 amide bonds. The van der Waals surface area contributed by atoms with Crippen LogP contribution in [0.1, 0.15) is 25.5 Å². The van der Waals surface area contributed by atoms with Crippen LogP contribution in [0.3, 0.4) is 0 Å². The Morgan fingerprint density at radius 2 is 2.33 bits per heavy atom. The van der Waals surface area contributed by atoms with Crippen LogP contribution in [0, 0.1) is 0 Å². The summed E-state index contributed by atoms with van der Waals surface area (Å²) in [5, 5.41) is 0.642. The van der Waals surface area contributed by atoms with Crippen molar-refractivity contribution < 1.29 is 4.42 Å². The average Bonchev–Trinajstić information content (AvgIpc) is 2.51. The van der Waals surface area contributed by atoms with Gasteiger partial charge in [-0.3, -0.25) is 0 Å². The van der Waals surface area contributed by atoms with Crippen molar-refractivity contribution in [2.45, 2.75) is 25.1 Å². The summed E-state index contributed by atoms with van der Waals surface area (Å²) in [6.07, 6.45) is 3.38. The lowest BCUT2D eigenvalue weighted by atomic mass is 10.2. The van der Waals surface area contributed by atoms with Gasteiger partial charge in [-0.1, -0.05) is 13.8 Å². The van der Waals surface area contributed by atoms with Gasteiger partial charge in [0.2, 0.25) is 0 Å². The Bertz CT molecular complexity index is 208. The second-order valence-electron chi connectivity index (χ2n) is 3.05. The summed E-state index contributed by atoms with van der Waals surface area (Å²) in [4.78, 5) is 0. The molecule has 1 unspecified atom stereocenters. The van der Waals surface area contributed by atoms with Gasteiger partial charge in [0.1, 0.15) is 0 Å². The zero-order valence-electron chi connectivity index (χ0n) is 7.49. The molecule has 0 fully saturated rings. The Morgan fingerprint density at radius 1 is 1.58 bits per heavy atom. The van der Waals surface area contributed by atoms with Gasteiger partial charge in [0, 0.05) is 17.4 Å². The third-order valence-corrected chi connectivity index (χ3v) is 2.80. The fraction of sp³-hybridized carbons (Fsp3) is 0.556. The maximum atomic E-state index is 5.91. The van der Waals surface area contributed by atoms with Crippen molar-refractivity contribution in [1.29, 1.82) is 0 Å². The van der Waals surface area contributed by atoms with Crippen molar-refractivity contribution in [2.24, 2.45) is 5.73 Å². The fourth-order valence-corrected chi connectivity index (χ4v) is 1.66. The van der Waals surface area contributed by atoms with E-state index in [9.17, 15) is 0 Å². The highest BCUT2D eigenvalue weighted by atomic mass is 32.2. The summed E-state index contributed by atoms with van der Waals surface area (Å²) in [5.74, 6) is 0.956. The zero-order chi connectivity index (χ0) is 8.97. The maximum absolute atomic E-state index is 5.91. The van der Waals surface area contributed by atoms with Crippen molar-refractivity contribution in [1.82, 2.24) is 0 Å². The van der Waals surface area contributed by atoms with E-state index in [-0.39, 0.29) is 6.04 Å². The Kier molecular flexibility index (Phi) is 3.69. The predicted octanol–water partition coefficient (Wildman–Crippen LogP) is 2.42. The lowest BCUT2D eigenvalue weighted by Crippen LogP contribution is -2.13. The van der Waals surface area contributed by atoms with Gasteiger partial charge in [-0.25, -0.2) is 0 Å². The van der Waals surface area contributed by atoms with Crippen LogP contribution in [0.2, 0.25) is 0 Å². The summed E-state index contributed by atoms with van der Waals surface area (Å²) in [6.45, 7) is 4.35. The van der Waals surface area contributed by atoms with E-state index in [4.69, 9.17) is 10.2 Å². The van der Waals surface area contributed by atoms with Gasteiger partial charge < -0.3 is 10.2 Å².